The van der Waals surface area contributed by atoms with E-state index in [9.17, 15) is 0 Å². The van der Waals surface area contributed by atoms with Crippen LogP contribution in [0.15, 0.2) is 0 Å². The van der Waals surface area contributed by atoms with Crippen molar-refractivity contribution < 1.29 is 9.90 Å². The van der Waals surface area contributed by atoms with Crippen LogP contribution in [0, 0.1) is 5.92 Å². The summed E-state index contributed by atoms with van der Waals surface area (Å²) < 4.78 is 0. The van der Waals surface area contributed by atoms with Crippen LogP contribution in [0.3, 0.4) is 0 Å². The number of hydrogen-bond acceptors (Lipinski definition) is 1. The highest BCUT2D eigenvalue weighted by atomic mass is 16.4. The van der Waals surface area contributed by atoms with Gasteiger partial charge in [-0.1, -0.05) is 59.3 Å². The average molecular weight is 202 g/mol. The van der Waals surface area contributed by atoms with E-state index in [1.807, 2.05) is 0 Å². The van der Waals surface area contributed by atoms with Crippen LogP contribution in [0.2, 0.25) is 0 Å². The summed E-state index contributed by atoms with van der Waals surface area (Å²) in [5, 5.41) is 7.42. The number of aliphatic carboxylic acids is 1. The van der Waals surface area contributed by atoms with E-state index in [4.69, 9.17) is 9.90 Å². The molecule has 0 atom stereocenters. The highest BCUT2D eigenvalue weighted by Crippen LogP contribution is 2.09. The predicted octanol–water partition coefficient (Wildman–Crippen LogP) is 4.09. The monoisotopic (exact) mass is 202 g/mol. The highest BCUT2D eigenvalue weighted by Gasteiger charge is 1.92. The molecule has 86 valence electrons. The quantitative estimate of drug-likeness (QED) is 0.658. The van der Waals surface area contributed by atoms with E-state index in [0.717, 1.165) is 12.8 Å². The van der Waals surface area contributed by atoms with Crippen LogP contribution in [0.4, 0.5) is 0 Å². The van der Waals surface area contributed by atoms with E-state index < -0.39 is 5.97 Å². The van der Waals surface area contributed by atoms with Gasteiger partial charge in [-0.3, -0.25) is 4.79 Å². The van der Waals surface area contributed by atoms with Crippen molar-refractivity contribution in [3.8, 4) is 0 Å². The lowest BCUT2D eigenvalue weighted by molar-refractivity contribution is -0.134. The number of rotatable bonds is 6. The first kappa shape index (κ1) is 15.9. The molecule has 0 heterocycles. The van der Waals surface area contributed by atoms with E-state index in [1.54, 1.807) is 0 Å². The molecule has 0 amide bonds. The van der Waals surface area contributed by atoms with Gasteiger partial charge >= 0.3 is 0 Å². The maximum absolute atomic E-state index is 9.00. The summed E-state index contributed by atoms with van der Waals surface area (Å²) in [6.07, 6.45) is 8.55. The van der Waals surface area contributed by atoms with Gasteiger partial charge in [0.2, 0.25) is 0 Å². The van der Waals surface area contributed by atoms with Crippen molar-refractivity contribution in [2.75, 3.05) is 0 Å². The molecule has 1 N–H and O–H groups in total. The Morgan fingerprint density at radius 2 is 1.57 bits per heavy atom. The molecule has 0 saturated carbocycles. The summed E-state index contributed by atoms with van der Waals surface area (Å²) in [5.74, 6) is 0.0710. The van der Waals surface area contributed by atoms with Gasteiger partial charge in [-0.2, -0.15) is 0 Å². The molecule has 2 nitrogen and oxygen atoms in total. The molecule has 0 aromatic heterocycles. The number of unbranched alkanes of at least 4 members (excludes halogenated alkanes) is 4. The Hall–Kier alpha value is -0.530. The lowest BCUT2D eigenvalue weighted by atomic mass is 10.0. The van der Waals surface area contributed by atoms with Gasteiger partial charge in [-0.15, -0.1) is 0 Å². The SMILES string of the molecule is CC(=O)O.CCCCCCCC(C)C. The third-order valence-electron chi connectivity index (χ3n) is 1.89. The zero-order valence-corrected chi connectivity index (χ0v) is 10.2. The largest absolute Gasteiger partial charge is 0.481 e. The molecule has 2 heteroatoms. The van der Waals surface area contributed by atoms with Gasteiger partial charge in [-0.25, -0.2) is 0 Å². The normalized spacial score (nSPS) is 9.50. The minimum Gasteiger partial charge on any atom is -0.481 e. The average Bonchev–Trinajstić information content (AvgIpc) is 2.02. The topological polar surface area (TPSA) is 37.3 Å². The Bertz CT molecular complexity index is 115. The molecule has 0 radical (unpaired) electrons. The molecule has 0 aromatic rings. The molecular formula is C12H26O2. The zero-order chi connectivity index (χ0) is 11.4. The molecule has 0 bridgehead atoms. The second kappa shape index (κ2) is 12.5. The number of carboxylic acids is 1. The first-order valence-corrected chi connectivity index (χ1v) is 5.70. The smallest absolute Gasteiger partial charge is 0.300 e. The molecule has 0 aliphatic heterocycles. The fourth-order valence-corrected chi connectivity index (χ4v) is 1.16. The van der Waals surface area contributed by atoms with E-state index >= 15 is 0 Å². The lowest BCUT2D eigenvalue weighted by Gasteiger charge is -2.02. The fraction of sp³-hybridized carbons (Fsp3) is 0.917. The van der Waals surface area contributed by atoms with Crippen molar-refractivity contribution in [1.82, 2.24) is 0 Å². The van der Waals surface area contributed by atoms with Crippen molar-refractivity contribution in [1.29, 1.82) is 0 Å². The maximum atomic E-state index is 9.00. The number of hydrogen-bond donors (Lipinski definition) is 1. The van der Waals surface area contributed by atoms with Crippen LogP contribution in [0.1, 0.15) is 66.2 Å². The highest BCUT2D eigenvalue weighted by molar-refractivity contribution is 5.62. The van der Waals surface area contributed by atoms with Crippen molar-refractivity contribution in [2.24, 2.45) is 5.92 Å². The molecule has 0 fully saturated rings. The Balaban J connectivity index is 0. The van der Waals surface area contributed by atoms with Crippen molar-refractivity contribution in [3.63, 3.8) is 0 Å². The van der Waals surface area contributed by atoms with Crippen LogP contribution in [-0.4, -0.2) is 11.1 Å². The summed E-state index contributed by atoms with van der Waals surface area (Å²) in [4.78, 5) is 9.00. The van der Waals surface area contributed by atoms with Crippen molar-refractivity contribution in [2.45, 2.75) is 66.2 Å². The van der Waals surface area contributed by atoms with E-state index in [-0.39, 0.29) is 0 Å². The molecule has 14 heavy (non-hydrogen) atoms. The summed E-state index contributed by atoms with van der Waals surface area (Å²) in [6, 6.07) is 0. The van der Waals surface area contributed by atoms with E-state index in [2.05, 4.69) is 20.8 Å². The van der Waals surface area contributed by atoms with Gasteiger partial charge in [0, 0.05) is 6.92 Å². The molecule has 0 spiro atoms. The van der Waals surface area contributed by atoms with Crippen LogP contribution in [0.25, 0.3) is 0 Å². The number of carbonyl (C=O) groups is 1. The van der Waals surface area contributed by atoms with Crippen LogP contribution in [0.5, 0.6) is 0 Å². The molecule has 0 aliphatic rings. The summed E-state index contributed by atoms with van der Waals surface area (Å²) >= 11 is 0. The van der Waals surface area contributed by atoms with E-state index in [1.165, 1.54) is 38.5 Å². The Labute approximate surface area is 88.7 Å². The minimum absolute atomic E-state index is 0.833. The standard InChI is InChI=1S/C10H22.C2H4O2/c1-4-5-6-7-8-9-10(2)3;1-2(3)4/h10H,4-9H2,1-3H3;1H3,(H,3,4). The predicted molar refractivity (Wildman–Crippen MR) is 61.5 cm³/mol. The van der Waals surface area contributed by atoms with Gasteiger partial charge < -0.3 is 5.11 Å². The molecule has 0 aliphatic carbocycles. The van der Waals surface area contributed by atoms with Crippen molar-refractivity contribution >= 4 is 5.97 Å². The third-order valence-corrected chi connectivity index (χ3v) is 1.89. The van der Waals surface area contributed by atoms with Crippen LogP contribution >= 0.6 is 0 Å². The first-order chi connectivity index (χ1) is 6.50. The molecule has 0 rings (SSSR count). The first-order valence-electron chi connectivity index (χ1n) is 5.70. The second-order valence-electron chi connectivity index (χ2n) is 4.12. The van der Waals surface area contributed by atoms with Crippen LogP contribution in [-0.2, 0) is 4.79 Å². The van der Waals surface area contributed by atoms with Gasteiger partial charge in [-0.05, 0) is 5.92 Å². The van der Waals surface area contributed by atoms with E-state index in [0.29, 0.717) is 0 Å². The summed E-state index contributed by atoms with van der Waals surface area (Å²) in [5.41, 5.74) is 0. The third kappa shape index (κ3) is 30.0. The minimum atomic E-state index is -0.833. The lowest BCUT2D eigenvalue weighted by Crippen LogP contribution is -1.86. The summed E-state index contributed by atoms with van der Waals surface area (Å²) in [7, 11) is 0. The molecule has 0 unspecified atom stereocenters. The molecule has 0 saturated heterocycles. The van der Waals surface area contributed by atoms with Crippen LogP contribution < -0.4 is 0 Å². The van der Waals surface area contributed by atoms with Gasteiger partial charge in [0.15, 0.2) is 0 Å². The Morgan fingerprint density at radius 3 is 1.93 bits per heavy atom. The number of carboxylic acid groups (broad SMARTS) is 1. The van der Waals surface area contributed by atoms with Crippen molar-refractivity contribution in [3.05, 3.63) is 0 Å². The van der Waals surface area contributed by atoms with Gasteiger partial charge in [0.25, 0.3) is 5.97 Å². The Morgan fingerprint density at radius 1 is 1.14 bits per heavy atom. The second-order valence-corrected chi connectivity index (χ2v) is 4.12. The summed E-state index contributed by atoms with van der Waals surface area (Å²) in [6.45, 7) is 7.96. The zero-order valence-electron chi connectivity index (χ0n) is 10.2. The Kier molecular flexibility index (Phi) is 14.2. The maximum Gasteiger partial charge on any atom is 0.300 e. The fourth-order valence-electron chi connectivity index (χ4n) is 1.16. The van der Waals surface area contributed by atoms with Gasteiger partial charge in [0.1, 0.15) is 0 Å². The molecule has 0 aromatic carbocycles. The van der Waals surface area contributed by atoms with Gasteiger partial charge in [0.05, 0.1) is 0 Å². The molecular weight excluding hydrogens is 176 g/mol.